The van der Waals surface area contributed by atoms with E-state index in [4.69, 9.17) is 5.73 Å². The van der Waals surface area contributed by atoms with Crippen molar-refractivity contribution in [2.24, 2.45) is 5.73 Å². The number of benzene rings is 1. The van der Waals surface area contributed by atoms with E-state index < -0.39 is 0 Å². The van der Waals surface area contributed by atoms with E-state index in [2.05, 4.69) is 43.3 Å². The molecule has 0 aliphatic carbocycles. The van der Waals surface area contributed by atoms with E-state index >= 15 is 0 Å². The molecule has 0 atom stereocenters. The van der Waals surface area contributed by atoms with Crippen LogP contribution < -0.4 is 10.6 Å². The van der Waals surface area contributed by atoms with Gasteiger partial charge in [0.1, 0.15) is 0 Å². The first-order valence-electron chi connectivity index (χ1n) is 4.81. The van der Waals surface area contributed by atoms with Crippen LogP contribution in [0.3, 0.4) is 0 Å². The lowest BCUT2D eigenvalue weighted by Crippen LogP contribution is -2.18. The Balaban J connectivity index is 3.14. The summed E-state index contributed by atoms with van der Waals surface area (Å²) in [7, 11) is 2.10. The molecule has 3 heteroatoms. The number of hydrogen-bond donors (Lipinski definition) is 1. The third kappa shape index (κ3) is 2.22. The lowest BCUT2D eigenvalue weighted by molar-refractivity contribution is 0.927. The van der Waals surface area contributed by atoms with Crippen molar-refractivity contribution in [3.63, 3.8) is 0 Å². The Labute approximate surface area is 90.5 Å². The second-order valence-corrected chi connectivity index (χ2v) is 4.02. The smallest absolute Gasteiger partial charge is 0.0420 e. The summed E-state index contributed by atoms with van der Waals surface area (Å²) in [5.41, 5.74) is 8.29. The normalized spacial score (nSPS) is 10.3. The van der Waals surface area contributed by atoms with Crippen molar-refractivity contribution in [3.05, 3.63) is 23.8 Å². The van der Waals surface area contributed by atoms with Crippen LogP contribution in [0.5, 0.6) is 0 Å². The van der Waals surface area contributed by atoms with Gasteiger partial charge < -0.3 is 10.6 Å². The van der Waals surface area contributed by atoms with E-state index in [1.54, 1.807) is 11.8 Å². The quantitative estimate of drug-likeness (QED) is 0.773. The van der Waals surface area contributed by atoms with Gasteiger partial charge in [0.05, 0.1) is 0 Å². The molecule has 0 aliphatic heterocycles. The van der Waals surface area contributed by atoms with E-state index in [0.717, 1.165) is 6.54 Å². The van der Waals surface area contributed by atoms with E-state index in [1.807, 2.05) is 0 Å². The van der Waals surface area contributed by atoms with Crippen LogP contribution in [0.4, 0.5) is 5.69 Å². The topological polar surface area (TPSA) is 29.3 Å². The molecule has 78 valence electrons. The Kier molecular flexibility index (Phi) is 4.29. The fraction of sp³-hybridized carbons (Fsp3) is 0.455. The number of nitrogens with two attached hydrogens (primary N) is 1. The average Bonchev–Trinajstić information content (AvgIpc) is 2.26. The van der Waals surface area contributed by atoms with Gasteiger partial charge in [-0.1, -0.05) is 6.07 Å². The average molecular weight is 210 g/mol. The predicted octanol–water partition coefficient (Wildman–Crippen LogP) is 2.32. The first kappa shape index (κ1) is 11.4. The maximum Gasteiger partial charge on any atom is 0.0420 e. The molecule has 0 radical (unpaired) electrons. The molecule has 0 saturated carbocycles. The molecule has 0 bridgehead atoms. The summed E-state index contributed by atoms with van der Waals surface area (Å²) in [6.45, 7) is 3.76. The van der Waals surface area contributed by atoms with Crippen molar-refractivity contribution in [1.29, 1.82) is 0 Å². The number of hydrogen-bond acceptors (Lipinski definition) is 3. The highest BCUT2D eigenvalue weighted by molar-refractivity contribution is 7.98. The highest BCUT2D eigenvalue weighted by Gasteiger charge is 2.08. The van der Waals surface area contributed by atoms with Gasteiger partial charge in [-0.25, -0.2) is 0 Å². The Morgan fingerprint density at radius 3 is 2.64 bits per heavy atom. The van der Waals surface area contributed by atoms with E-state index in [0.29, 0.717) is 6.54 Å². The van der Waals surface area contributed by atoms with Crippen LogP contribution in [-0.4, -0.2) is 19.8 Å². The standard InChI is InChI=1S/C11H18N2S/c1-4-13(2)10-6-5-7-11(14-3)9(10)8-12/h5-7H,4,8,12H2,1-3H3. The Hall–Kier alpha value is -0.670. The second-order valence-electron chi connectivity index (χ2n) is 3.18. The summed E-state index contributed by atoms with van der Waals surface area (Å²) in [6, 6.07) is 6.35. The van der Waals surface area contributed by atoms with Gasteiger partial charge in [0.25, 0.3) is 0 Å². The fourth-order valence-electron chi connectivity index (χ4n) is 1.48. The van der Waals surface area contributed by atoms with Gasteiger partial charge in [0, 0.05) is 36.3 Å². The number of anilines is 1. The number of nitrogens with zero attached hydrogens (tertiary/aromatic N) is 1. The van der Waals surface area contributed by atoms with E-state index in [-0.39, 0.29) is 0 Å². The third-order valence-corrected chi connectivity index (χ3v) is 3.24. The largest absolute Gasteiger partial charge is 0.375 e. The molecule has 2 nitrogen and oxygen atoms in total. The van der Waals surface area contributed by atoms with Crippen LogP contribution in [0.25, 0.3) is 0 Å². The molecule has 1 aromatic rings. The lowest BCUT2D eigenvalue weighted by Gasteiger charge is -2.21. The van der Waals surface area contributed by atoms with Crippen LogP contribution >= 0.6 is 11.8 Å². The second kappa shape index (κ2) is 5.27. The minimum absolute atomic E-state index is 0.608. The predicted molar refractivity (Wildman–Crippen MR) is 65.1 cm³/mol. The van der Waals surface area contributed by atoms with Crippen LogP contribution in [0.1, 0.15) is 12.5 Å². The zero-order valence-corrected chi connectivity index (χ0v) is 9.90. The van der Waals surface area contributed by atoms with Gasteiger partial charge in [-0.2, -0.15) is 0 Å². The third-order valence-electron chi connectivity index (χ3n) is 2.42. The van der Waals surface area contributed by atoms with Crippen LogP contribution in [0, 0.1) is 0 Å². The van der Waals surface area contributed by atoms with Gasteiger partial charge in [0.15, 0.2) is 0 Å². The van der Waals surface area contributed by atoms with Gasteiger partial charge in [0.2, 0.25) is 0 Å². The molecule has 14 heavy (non-hydrogen) atoms. The van der Waals surface area contributed by atoms with Crippen molar-refractivity contribution < 1.29 is 0 Å². The molecule has 0 heterocycles. The van der Waals surface area contributed by atoms with Crippen molar-refractivity contribution in [2.75, 3.05) is 24.7 Å². The van der Waals surface area contributed by atoms with Gasteiger partial charge >= 0.3 is 0 Å². The first-order chi connectivity index (χ1) is 6.74. The molecule has 2 N–H and O–H groups in total. The Morgan fingerprint density at radius 2 is 2.14 bits per heavy atom. The van der Waals surface area contributed by atoms with Gasteiger partial charge in [-0.05, 0) is 25.3 Å². The minimum atomic E-state index is 0.608. The highest BCUT2D eigenvalue weighted by atomic mass is 32.2. The van der Waals surface area contributed by atoms with Crippen molar-refractivity contribution >= 4 is 17.4 Å². The molecule has 0 fully saturated rings. The summed E-state index contributed by atoms with van der Waals surface area (Å²) < 4.78 is 0. The molecule has 1 aromatic carbocycles. The maximum absolute atomic E-state index is 5.78. The minimum Gasteiger partial charge on any atom is -0.375 e. The SMILES string of the molecule is CCN(C)c1cccc(SC)c1CN. The fourth-order valence-corrected chi connectivity index (χ4v) is 2.13. The number of thioether (sulfide) groups is 1. The molecule has 0 unspecified atom stereocenters. The molecular formula is C11H18N2S. The van der Waals surface area contributed by atoms with E-state index in [9.17, 15) is 0 Å². The van der Waals surface area contributed by atoms with Crippen molar-refractivity contribution in [1.82, 2.24) is 0 Å². The zero-order chi connectivity index (χ0) is 10.6. The zero-order valence-electron chi connectivity index (χ0n) is 9.08. The summed E-state index contributed by atoms with van der Waals surface area (Å²) in [5, 5.41) is 0. The molecular weight excluding hydrogens is 192 g/mol. The molecule has 1 rings (SSSR count). The summed E-state index contributed by atoms with van der Waals surface area (Å²) in [4.78, 5) is 3.51. The molecule has 0 aliphatic rings. The number of rotatable bonds is 4. The van der Waals surface area contributed by atoms with Crippen molar-refractivity contribution in [3.8, 4) is 0 Å². The summed E-state index contributed by atoms with van der Waals surface area (Å²) in [5.74, 6) is 0. The van der Waals surface area contributed by atoms with Crippen LogP contribution in [0.15, 0.2) is 23.1 Å². The van der Waals surface area contributed by atoms with E-state index in [1.165, 1.54) is 16.1 Å². The van der Waals surface area contributed by atoms with Crippen LogP contribution in [-0.2, 0) is 6.54 Å². The summed E-state index contributed by atoms with van der Waals surface area (Å²) >= 11 is 1.76. The Bertz CT molecular complexity index is 299. The van der Waals surface area contributed by atoms with Crippen LogP contribution in [0.2, 0.25) is 0 Å². The van der Waals surface area contributed by atoms with Gasteiger partial charge in [-0.3, -0.25) is 0 Å². The van der Waals surface area contributed by atoms with Crippen molar-refractivity contribution in [2.45, 2.75) is 18.4 Å². The summed E-state index contributed by atoms with van der Waals surface area (Å²) in [6.07, 6.45) is 2.09. The molecule has 0 amide bonds. The Morgan fingerprint density at radius 1 is 1.43 bits per heavy atom. The molecule has 0 spiro atoms. The molecule has 0 aromatic heterocycles. The highest BCUT2D eigenvalue weighted by Crippen LogP contribution is 2.28. The lowest BCUT2D eigenvalue weighted by atomic mass is 10.1. The maximum atomic E-state index is 5.78. The van der Waals surface area contributed by atoms with Gasteiger partial charge in [-0.15, -0.1) is 11.8 Å². The molecule has 0 saturated heterocycles. The first-order valence-corrected chi connectivity index (χ1v) is 6.04. The monoisotopic (exact) mass is 210 g/mol.